The minimum absolute atomic E-state index is 0.204. The number of benzene rings is 1. The smallest absolute Gasteiger partial charge is 0.124 e. The maximum atomic E-state index is 12.9. The molecular weight excluding hydrogens is 281 g/mol. The van der Waals surface area contributed by atoms with Crippen LogP contribution in [0.2, 0.25) is 0 Å². The molecule has 1 rings (SSSR count). The lowest BCUT2D eigenvalue weighted by molar-refractivity contribution is 0.546. The van der Waals surface area contributed by atoms with Crippen molar-refractivity contribution >= 4 is 15.9 Å². The van der Waals surface area contributed by atoms with Gasteiger partial charge in [0, 0.05) is 16.9 Å². The number of halogens is 2. The third-order valence-corrected chi connectivity index (χ3v) is 3.31. The van der Waals surface area contributed by atoms with Crippen LogP contribution in [-0.2, 0) is 0 Å². The zero-order valence-electron chi connectivity index (χ0n) is 9.97. The average molecular weight is 298 g/mol. The van der Waals surface area contributed by atoms with Gasteiger partial charge < -0.3 is 5.32 Å². The highest BCUT2D eigenvalue weighted by atomic mass is 79.9. The van der Waals surface area contributed by atoms with Crippen LogP contribution in [0.3, 0.4) is 0 Å². The Labute approximate surface area is 111 Å². The maximum Gasteiger partial charge on any atom is 0.124 e. The molecule has 1 N–H and O–H groups in total. The summed E-state index contributed by atoms with van der Waals surface area (Å²) >= 11 is 3.38. The van der Waals surface area contributed by atoms with Crippen molar-refractivity contribution in [1.82, 2.24) is 5.32 Å². The van der Waals surface area contributed by atoms with Crippen molar-refractivity contribution in [3.8, 4) is 12.3 Å². The Bertz CT molecular complexity index is 398. The molecule has 3 heteroatoms. The number of nitrogens with one attached hydrogen (secondary N) is 1. The van der Waals surface area contributed by atoms with Crippen molar-refractivity contribution in [3.05, 3.63) is 34.1 Å². The zero-order valence-corrected chi connectivity index (χ0v) is 11.6. The van der Waals surface area contributed by atoms with E-state index in [0.29, 0.717) is 0 Å². The van der Waals surface area contributed by atoms with E-state index in [1.54, 1.807) is 6.07 Å². The molecule has 0 aromatic heterocycles. The molecule has 1 nitrogen and oxygen atoms in total. The fourth-order valence-electron chi connectivity index (χ4n) is 1.63. The second kappa shape index (κ2) is 7.47. The van der Waals surface area contributed by atoms with Crippen molar-refractivity contribution in [2.75, 3.05) is 6.54 Å². The van der Waals surface area contributed by atoms with Crippen LogP contribution in [0.25, 0.3) is 0 Å². The average Bonchev–Trinajstić information content (AvgIpc) is 2.28. The van der Waals surface area contributed by atoms with E-state index in [-0.39, 0.29) is 11.9 Å². The van der Waals surface area contributed by atoms with Gasteiger partial charge in [-0.1, -0.05) is 22.0 Å². The van der Waals surface area contributed by atoms with E-state index < -0.39 is 0 Å². The van der Waals surface area contributed by atoms with E-state index in [2.05, 4.69) is 34.1 Å². The largest absolute Gasteiger partial charge is 0.310 e. The van der Waals surface area contributed by atoms with Crippen molar-refractivity contribution in [2.24, 2.45) is 0 Å². The fraction of sp³-hybridized carbons (Fsp3) is 0.429. The third kappa shape index (κ3) is 4.89. The molecule has 1 unspecified atom stereocenters. The van der Waals surface area contributed by atoms with E-state index in [0.717, 1.165) is 35.8 Å². The Morgan fingerprint density at radius 2 is 2.24 bits per heavy atom. The molecule has 0 heterocycles. The van der Waals surface area contributed by atoms with E-state index >= 15 is 0 Å². The van der Waals surface area contributed by atoms with E-state index in [1.165, 1.54) is 12.1 Å². The molecule has 1 aromatic rings. The number of rotatable bonds is 6. The first-order chi connectivity index (χ1) is 8.15. The van der Waals surface area contributed by atoms with Gasteiger partial charge in [0.15, 0.2) is 0 Å². The molecule has 0 aliphatic heterocycles. The Hall–Kier alpha value is -0.850. The highest BCUT2D eigenvalue weighted by molar-refractivity contribution is 9.10. The summed E-state index contributed by atoms with van der Waals surface area (Å²) in [5.41, 5.74) is 1.07. The monoisotopic (exact) mass is 297 g/mol. The summed E-state index contributed by atoms with van der Waals surface area (Å²) in [4.78, 5) is 0. The van der Waals surface area contributed by atoms with E-state index in [1.807, 2.05) is 0 Å². The van der Waals surface area contributed by atoms with Crippen LogP contribution >= 0.6 is 15.9 Å². The quantitative estimate of drug-likeness (QED) is 0.617. The predicted molar refractivity (Wildman–Crippen MR) is 73.2 cm³/mol. The minimum atomic E-state index is -0.221. The van der Waals surface area contributed by atoms with Gasteiger partial charge in [0.1, 0.15) is 5.82 Å². The molecule has 92 valence electrons. The summed E-state index contributed by atoms with van der Waals surface area (Å²) < 4.78 is 13.7. The fourth-order valence-corrected chi connectivity index (χ4v) is 2.33. The van der Waals surface area contributed by atoms with Gasteiger partial charge in [-0.15, -0.1) is 12.3 Å². The van der Waals surface area contributed by atoms with Gasteiger partial charge >= 0.3 is 0 Å². The lowest BCUT2D eigenvalue weighted by Gasteiger charge is -2.15. The van der Waals surface area contributed by atoms with Crippen LogP contribution in [-0.4, -0.2) is 6.54 Å². The number of unbranched alkanes of at least 4 members (excludes halogenated alkanes) is 2. The molecule has 17 heavy (non-hydrogen) atoms. The second-order valence-corrected chi connectivity index (χ2v) is 4.86. The van der Waals surface area contributed by atoms with Crippen LogP contribution in [0.15, 0.2) is 22.7 Å². The van der Waals surface area contributed by atoms with Crippen molar-refractivity contribution in [2.45, 2.75) is 32.2 Å². The first-order valence-corrected chi connectivity index (χ1v) is 6.56. The predicted octanol–water partition coefficient (Wildman–Crippen LogP) is 4.04. The normalized spacial score (nSPS) is 12.1. The lowest BCUT2D eigenvalue weighted by atomic mass is 10.1. The molecular formula is C14H17BrFN. The molecule has 0 saturated carbocycles. The number of hydrogen-bond acceptors (Lipinski definition) is 1. The van der Waals surface area contributed by atoms with Gasteiger partial charge in [0.25, 0.3) is 0 Å². The molecule has 0 amide bonds. The molecule has 0 bridgehead atoms. The summed E-state index contributed by atoms with van der Waals surface area (Å²) in [5.74, 6) is 2.41. The Kier molecular flexibility index (Phi) is 6.25. The van der Waals surface area contributed by atoms with Crippen LogP contribution in [0, 0.1) is 18.2 Å². The van der Waals surface area contributed by atoms with Crippen LogP contribution < -0.4 is 5.32 Å². The third-order valence-electron chi connectivity index (χ3n) is 2.63. The van der Waals surface area contributed by atoms with E-state index in [9.17, 15) is 4.39 Å². The number of terminal acetylenes is 1. The maximum absolute atomic E-state index is 12.9. The Morgan fingerprint density at radius 1 is 1.47 bits per heavy atom. The second-order valence-electron chi connectivity index (χ2n) is 4.00. The molecule has 1 atom stereocenters. The summed E-state index contributed by atoms with van der Waals surface area (Å²) in [6, 6.07) is 4.98. The van der Waals surface area contributed by atoms with Crippen molar-refractivity contribution in [3.63, 3.8) is 0 Å². The summed E-state index contributed by atoms with van der Waals surface area (Å²) in [7, 11) is 0. The molecule has 0 aliphatic rings. The van der Waals surface area contributed by atoms with Crippen molar-refractivity contribution in [1.29, 1.82) is 0 Å². The van der Waals surface area contributed by atoms with Gasteiger partial charge in [-0.3, -0.25) is 0 Å². The first kappa shape index (κ1) is 14.2. The standard InChI is InChI=1S/C14H17BrFN/c1-3-4-5-6-9-17-11(2)13-8-7-12(16)10-14(13)15/h1,7-8,10-11,17H,4-6,9H2,2H3. The highest BCUT2D eigenvalue weighted by Gasteiger charge is 2.08. The van der Waals surface area contributed by atoms with Crippen LogP contribution in [0.5, 0.6) is 0 Å². The van der Waals surface area contributed by atoms with Crippen LogP contribution in [0.4, 0.5) is 4.39 Å². The summed E-state index contributed by atoms with van der Waals surface area (Å²) in [6.45, 7) is 2.99. The van der Waals surface area contributed by atoms with E-state index in [4.69, 9.17) is 6.42 Å². The molecule has 0 saturated heterocycles. The lowest BCUT2D eigenvalue weighted by Crippen LogP contribution is -2.20. The van der Waals surface area contributed by atoms with Crippen molar-refractivity contribution < 1.29 is 4.39 Å². The molecule has 1 aromatic carbocycles. The van der Waals surface area contributed by atoms with Gasteiger partial charge in [-0.05, 0) is 44.0 Å². The van der Waals surface area contributed by atoms with Gasteiger partial charge in [0.05, 0.1) is 0 Å². The molecule has 0 spiro atoms. The Morgan fingerprint density at radius 3 is 2.88 bits per heavy atom. The topological polar surface area (TPSA) is 12.0 Å². The first-order valence-electron chi connectivity index (χ1n) is 5.77. The minimum Gasteiger partial charge on any atom is -0.310 e. The van der Waals surface area contributed by atoms with Gasteiger partial charge in [-0.2, -0.15) is 0 Å². The van der Waals surface area contributed by atoms with Crippen LogP contribution in [0.1, 0.15) is 37.8 Å². The Balaban J connectivity index is 2.42. The zero-order chi connectivity index (χ0) is 12.7. The summed E-state index contributed by atoms with van der Waals surface area (Å²) in [6.07, 6.45) is 8.12. The molecule has 0 fully saturated rings. The molecule has 0 aliphatic carbocycles. The summed E-state index contributed by atoms with van der Waals surface area (Å²) in [5, 5.41) is 3.40. The molecule has 0 radical (unpaired) electrons. The SMILES string of the molecule is C#CCCCCNC(C)c1ccc(F)cc1Br. The van der Waals surface area contributed by atoms with Gasteiger partial charge in [0.2, 0.25) is 0 Å². The number of hydrogen-bond donors (Lipinski definition) is 1. The highest BCUT2D eigenvalue weighted by Crippen LogP contribution is 2.24. The van der Waals surface area contributed by atoms with Gasteiger partial charge in [-0.25, -0.2) is 4.39 Å².